The zero-order valence-corrected chi connectivity index (χ0v) is 16.8. The van der Waals surface area contributed by atoms with Crippen LogP contribution in [0.2, 0.25) is 0 Å². The van der Waals surface area contributed by atoms with E-state index in [-0.39, 0.29) is 17.2 Å². The van der Waals surface area contributed by atoms with Crippen LogP contribution in [0.25, 0.3) is 0 Å². The second kappa shape index (κ2) is 7.20. The van der Waals surface area contributed by atoms with Crippen LogP contribution < -0.4 is 5.32 Å². The Kier molecular flexibility index (Phi) is 4.70. The summed E-state index contributed by atoms with van der Waals surface area (Å²) in [5.74, 6) is 0.228. The van der Waals surface area contributed by atoms with Gasteiger partial charge in [-0.25, -0.2) is 0 Å². The van der Waals surface area contributed by atoms with Crippen molar-refractivity contribution in [3.63, 3.8) is 0 Å². The van der Waals surface area contributed by atoms with Crippen LogP contribution in [0.3, 0.4) is 0 Å². The Morgan fingerprint density at radius 1 is 0.966 bits per heavy atom. The maximum absolute atomic E-state index is 12.7. The van der Waals surface area contributed by atoms with E-state index in [1.807, 2.05) is 42.5 Å². The van der Waals surface area contributed by atoms with E-state index in [9.17, 15) is 9.59 Å². The van der Waals surface area contributed by atoms with Gasteiger partial charge in [0.15, 0.2) is 5.82 Å². The Labute approximate surface area is 169 Å². The van der Waals surface area contributed by atoms with Crippen molar-refractivity contribution in [3.8, 4) is 0 Å². The number of aromatic amines is 1. The van der Waals surface area contributed by atoms with Crippen LogP contribution in [0.15, 0.2) is 54.6 Å². The first-order valence-electron chi connectivity index (χ1n) is 9.65. The molecule has 6 nitrogen and oxygen atoms in total. The van der Waals surface area contributed by atoms with Gasteiger partial charge in [0.25, 0.3) is 11.8 Å². The Bertz CT molecular complexity index is 1050. The third kappa shape index (κ3) is 3.78. The average molecular weight is 388 g/mol. The van der Waals surface area contributed by atoms with Gasteiger partial charge in [-0.15, -0.1) is 0 Å². The van der Waals surface area contributed by atoms with Crippen molar-refractivity contribution < 1.29 is 9.59 Å². The highest BCUT2D eigenvalue weighted by atomic mass is 16.2. The molecule has 0 radical (unpaired) electrons. The molecule has 3 aromatic rings. The molecule has 1 aromatic heterocycles. The summed E-state index contributed by atoms with van der Waals surface area (Å²) in [4.78, 5) is 27.1. The number of aromatic nitrogens is 2. The molecular formula is C23H24N4O2. The molecule has 4 rings (SSSR count). The van der Waals surface area contributed by atoms with Gasteiger partial charge >= 0.3 is 0 Å². The van der Waals surface area contributed by atoms with Crippen LogP contribution >= 0.6 is 0 Å². The van der Waals surface area contributed by atoms with Crippen LogP contribution in [0.5, 0.6) is 0 Å². The summed E-state index contributed by atoms with van der Waals surface area (Å²) >= 11 is 0. The first kappa shape index (κ1) is 18.9. The second-order valence-electron chi connectivity index (χ2n) is 8.34. The van der Waals surface area contributed by atoms with Crippen molar-refractivity contribution in [3.05, 3.63) is 82.5 Å². The van der Waals surface area contributed by atoms with Crippen molar-refractivity contribution in [2.24, 2.45) is 0 Å². The molecule has 0 unspecified atom stereocenters. The van der Waals surface area contributed by atoms with Gasteiger partial charge in [-0.1, -0.05) is 51.1 Å². The molecule has 0 spiro atoms. The maximum Gasteiger partial charge on any atom is 0.256 e. The molecule has 1 aliphatic heterocycles. The minimum atomic E-state index is -0.215. The number of amides is 2. The minimum absolute atomic E-state index is 0.0345. The van der Waals surface area contributed by atoms with Gasteiger partial charge in [-0.3, -0.25) is 14.7 Å². The predicted molar refractivity (Wildman–Crippen MR) is 112 cm³/mol. The van der Waals surface area contributed by atoms with E-state index in [1.54, 1.807) is 17.0 Å². The number of nitrogens with one attached hydrogen (secondary N) is 2. The third-order valence-corrected chi connectivity index (χ3v) is 5.20. The molecule has 0 saturated heterocycles. The first-order valence-corrected chi connectivity index (χ1v) is 9.65. The van der Waals surface area contributed by atoms with Crippen LogP contribution in [0.1, 0.15) is 58.3 Å². The minimum Gasteiger partial charge on any atom is -0.328 e. The molecule has 6 heteroatoms. The van der Waals surface area contributed by atoms with Crippen LogP contribution in [-0.2, 0) is 18.5 Å². The number of fused-ring (bicyclic) bond motifs is 1. The summed E-state index contributed by atoms with van der Waals surface area (Å²) in [5.41, 5.74) is 4.14. The standard InChI is InChI=1S/C23H24N4O2/c1-23(2,3)17-11-9-15(10-12-17)21(28)24-20-18-13-27(14-19(18)25-26-20)22(29)16-7-5-4-6-8-16/h4-12H,13-14H2,1-3H3,(H2,24,25,26,28). The highest BCUT2D eigenvalue weighted by Gasteiger charge is 2.29. The smallest absolute Gasteiger partial charge is 0.256 e. The number of carbonyl (C=O) groups is 2. The molecule has 2 N–H and O–H groups in total. The number of benzene rings is 2. The summed E-state index contributed by atoms with van der Waals surface area (Å²) in [5, 5.41) is 10.1. The molecule has 2 amide bonds. The quantitative estimate of drug-likeness (QED) is 0.709. The van der Waals surface area contributed by atoms with E-state index in [1.165, 1.54) is 5.56 Å². The molecule has 0 saturated carbocycles. The van der Waals surface area contributed by atoms with E-state index in [0.717, 1.165) is 11.3 Å². The lowest BCUT2D eigenvalue weighted by Crippen LogP contribution is -2.26. The molecule has 29 heavy (non-hydrogen) atoms. The van der Waals surface area contributed by atoms with Gasteiger partial charge < -0.3 is 10.2 Å². The van der Waals surface area contributed by atoms with E-state index >= 15 is 0 Å². The molecule has 0 aliphatic carbocycles. The lowest BCUT2D eigenvalue weighted by molar-refractivity contribution is 0.0749. The van der Waals surface area contributed by atoms with E-state index in [0.29, 0.717) is 30.0 Å². The lowest BCUT2D eigenvalue weighted by atomic mass is 9.87. The van der Waals surface area contributed by atoms with Crippen LogP contribution in [0, 0.1) is 0 Å². The van der Waals surface area contributed by atoms with E-state index < -0.39 is 0 Å². The molecule has 2 heterocycles. The molecular weight excluding hydrogens is 364 g/mol. The number of hydrogen-bond donors (Lipinski definition) is 2. The van der Waals surface area contributed by atoms with Gasteiger partial charge in [0.05, 0.1) is 18.8 Å². The number of hydrogen-bond acceptors (Lipinski definition) is 3. The third-order valence-electron chi connectivity index (χ3n) is 5.20. The van der Waals surface area contributed by atoms with Crippen LogP contribution in [0.4, 0.5) is 5.82 Å². The fraction of sp³-hybridized carbons (Fsp3) is 0.261. The van der Waals surface area contributed by atoms with Crippen molar-refractivity contribution >= 4 is 17.6 Å². The fourth-order valence-corrected chi connectivity index (χ4v) is 3.45. The monoisotopic (exact) mass is 388 g/mol. The lowest BCUT2D eigenvalue weighted by Gasteiger charge is -2.19. The molecule has 0 atom stereocenters. The zero-order valence-electron chi connectivity index (χ0n) is 16.8. The van der Waals surface area contributed by atoms with Gasteiger partial charge in [-0.05, 0) is 35.2 Å². The second-order valence-corrected chi connectivity index (χ2v) is 8.34. The highest BCUT2D eigenvalue weighted by Crippen LogP contribution is 2.29. The van der Waals surface area contributed by atoms with E-state index in [2.05, 4.69) is 36.3 Å². The Hall–Kier alpha value is -3.41. The molecule has 0 fully saturated rings. The predicted octanol–water partition coefficient (Wildman–Crippen LogP) is 4.12. The Morgan fingerprint density at radius 3 is 2.31 bits per heavy atom. The van der Waals surface area contributed by atoms with Crippen molar-refractivity contribution in [1.29, 1.82) is 0 Å². The molecule has 1 aliphatic rings. The van der Waals surface area contributed by atoms with Gasteiger partial charge in [0.2, 0.25) is 0 Å². The topological polar surface area (TPSA) is 78.1 Å². The Balaban J connectivity index is 1.47. The summed E-state index contributed by atoms with van der Waals surface area (Å²) < 4.78 is 0. The van der Waals surface area contributed by atoms with Crippen molar-refractivity contribution in [2.75, 3.05) is 5.32 Å². The summed E-state index contributed by atoms with van der Waals surface area (Å²) in [6, 6.07) is 16.8. The molecule has 0 bridgehead atoms. The van der Waals surface area contributed by atoms with Crippen molar-refractivity contribution in [2.45, 2.75) is 39.3 Å². The number of anilines is 1. The van der Waals surface area contributed by atoms with E-state index in [4.69, 9.17) is 0 Å². The molecule has 148 valence electrons. The zero-order chi connectivity index (χ0) is 20.6. The van der Waals surface area contributed by atoms with Gasteiger partial charge in [-0.2, -0.15) is 5.10 Å². The van der Waals surface area contributed by atoms with Gasteiger partial charge in [0.1, 0.15) is 0 Å². The highest BCUT2D eigenvalue weighted by molar-refractivity contribution is 6.04. The normalized spacial score (nSPS) is 13.3. The van der Waals surface area contributed by atoms with Gasteiger partial charge in [0, 0.05) is 16.7 Å². The van der Waals surface area contributed by atoms with Crippen molar-refractivity contribution in [1.82, 2.24) is 15.1 Å². The van der Waals surface area contributed by atoms with Crippen LogP contribution in [-0.4, -0.2) is 26.9 Å². The summed E-state index contributed by atoms with van der Waals surface area (Å²) in [7, 11) is 0. The SMILES string of the molecule is CC(C)(C)c1ccc(C(=O)Nc2n[nH]c3c2CN(C(=O)c2ccccc2)C3)cc1. The number of rotatable bonds is 3. The number of H-pyrrole nitrogens is 1. The number of carbonyl (C=O) groups excluding carboxylic acids is 2. The first-order chi connectivity index (χ1) is 13.8. The number of nitrogens with zero attached hydrogens (tertiary/aromatic N) is 2. The summed E-state index contributed by atoms with van der Waals surface area (Å²) in [6.07, 6.45) is 0. The largest absolute Gasteiger partial charge is 0.328 e. The fourth-order valence-electron chi connectivity index (χ4n) is 3.45. The maximum atomic E-state index is 12.7. The molecule has 2 aromatic carbocycles. The Morgan fingerprint density at radius 2 is 1.66 bits per heavy atom. The average Bonchev–Trinajstić information content (AvgIpc) is 3.29. The summed E-state index contributed by atoms with van der Waals surface area (Å²) in [6.45, 7) is 7.27.